The van der Waals surface area contributed by atoms with E-state index in [9.17, 15) is 0 Å². The smallest absolute Gasteiger partial charge is 0.361 e. The SMILES string of the molecule is CCCO[Si](C)(COCC1CO1)OCCC. The van der Waals surface area contributed by atoms with E-state index >= 15 is 0 Å². The predicted molar refractivity (Wildman–Crippen MR) is 64.7 cm³/mol. The van der Waals surface area contributed by atoms with Gasteiger partial charge in [0, 0.05) is 13.2 Å². The number of hydrogen-bond donors (Lipinski definition) is 0. The molecule has 1 fully saturated rings. The molecule has 16 heavy (non-hydrogen) atoms. The highest BCUT2D eigenvalue weighted by molar-refractivity contribution is 6.65. The zero-order valence-electron chi connectivity index (χ0n) is 10.7. The molecule has 1 rings (SSSR count). The summed E-state index contributed by atoms with van der Waals surface area (Å²) >= 11 is 0. The monoisotopic (exact) mass is 248 g/mol. The third-order valence-corrected chi connectivity index (χ3v) is 4.65. The Hall–Kier alpha value is 0.0569. The Labute approximate surface area is 99.5 Å². The second-order valence-corrected chi connectivity index (χ2v) is 7.43. The summed E-state index contributed by atoms with van der Waals surface area (Å²) in [5.74, 6) is 0. The van der Waals surface area contributed by atoms with E-state index in [1.165, 1.54) is 0 Å². The van der Waals surface area contributed by atoms with Crippen molar-refractivity contribution in [2.24, 2.45) is 0 Å². The third kappa shape index (κ3) is 5.96. The summed E-state index contributed by atoms with van der Waals surface area (Å²) in [6, 6.07) is 0. The van der Waals surface area contributed by atoms with Gasteiger partial charge in [0.2, 0.25) is 0 Å². The Bertz CT molecular complexity index is 177. The molecule has 0 aromatic rings. The molecule has 1 unspecified atom stereocenters. The van der Waals surface area contributed by atoms with Crippen LogP contribution in [0.1, 0.15) is 26.7 Å². The lowest BCUT2D eigenvalue weighted by Crippen LogP contribution is -2.45. The Kier molecular flexibility index (Phi) is 6.53. The molecule has 0 aromatic heterocycles. The van der Waals surface area contributed by atoms with Crippen molar-refractivity contribution >= 4 is 8.56 Å². The Morgan fingerprint density at radius 2 is 1.75 bits per heavy atom. The van der Waals surface area contributed by atoms with Gasteiger partial charge in [0.1, 0.15) is 6.10 Å². The van der Waals surface area contributed by atoms with Crippen LogP contribution in [0, 0.1) is 0 Å². The van der Waals surface area contributed by atoms with Crippen molar-refractivity contribution in [3.63, 3.8) is 0 Å². The van der Waals surface area contributed by atoms with Crippen molar-refractivity contribution in [1.29, 1.82) is 0 Å². The summed E-state index contributed by atoms with van der Waals surface area (Å²) in [7, 11) is -2.11. The molecule has 0 N–H and O–H groups in total. The molecule has 0 radical (unpaired) electrons. The van der Waals surface area contributed by atoms with Crippen LogP contribution < -0.4 is 0 Å². The first-order valence-corrected chi connectivity index (χ1v) is 8.70. The van der Waals surface area contributed by atoms with Crippen LogP contribution in [0.5, 0.6) is 0 Å². The summed E-state index contributed by atoms with van der Waals surface area (Å²) < 4.78 is 22.4. The van der Waals surface area contributed by atoms with E-state index < -0.39 is 8.56 Å². The molecule has 96 valence electrons. The van der Waals surface area contributed by atoms with Gasteiger partial charge in [0.05, 0.1) is 19.4 Å². The molecule has 1 heterocycles. The van der Waals surface area contributed by atoms with Gasteiger partial charge in [-0.1, -0.05) is 13.8 Å². The molecule has 1 aliphatic heterocycles. The average Bonchev–Trinajstić information content (AvgIpc) is 3.08. The first-order chi connectivity index (χ1) is 7.70. The molecule has 1 aliphatic rings. The van der Waals surface area contributed by atoms with Crippen LogP contribution in [0.2, 0.25) is 6.55 Å². The summed E-state index contributed by atoms with van der Waals surface area (Å²) in [5, 5.41) is 0. The van der Waals surface area contributed by atoms with Gasteiger partial charge in [0.15, 0.2) is 0 Å². The van der Waals surface area contributed by atoms with Crippen LogP contribution in [0.4, 0.5) is 0 Å². The van der Waals surface area contributed by atoms with E-state index in [0.717, 1.165) is 32.7 Å². The molecule has 1 saturated heterocycles. The van der Waals surface area contributed by atoms with Gasteiger partial charge < -0.3 is 18.3 Å². The lowest BCUT2D eigenvalue weighted by Gasteiger charge is -2.26. The second kappa shape index (κ2) is 7.40. The Balaban J connectivity index is 2.21. The highest BCUT2D eigenvalue weighted by Crippen LogP contribution is 2.13. The van der Waals surface area contributed by atoms with Crippen LogP contribution in [0.15, 0.2) is 0 Å². The van der Waals surface area contributed by atoms with Crippen LogP contribution in [-0.4, -0.2) is 47.3 Å². The summed E-state index contributed by atoms with van der Waals surface area (Å²) in [6.45, 7) is 9.32. The van der Waals surface area contributed by atoms with Crippen molar-refractivity contribution in [2.45, 2.75) is 39.3 Å². The van der Waals surface area contributed by atoms with Gasteiger partial charge in [-0.2, -0.15) is 0 Å². The number of ether oxygens (including phenoxy) is 2. The molecule has 0 spiro atoms. The zero-order valence-corrected chi connectivity index (χ0v) is 11.7. The predicted octanol–water partition coefficient (Wildman–Crippen LogP) is 1.87. The maximum atomic E-state index is 5.83. The fraction of sp³-hybridized carbons (Fsp3) is 1.00. The fourth-order valence-corrected chi connectivity index (χ4v) is 3.31. The van der Waals surface area contributed by atoms with E-state index in [1.807, 2.05) is 0 Å². The molecule has 4 nitrogen and oxygen atoms in total. The van der Waals surface area contributed by atoms with Gasteiger partial charge in [-0.15, -0.1) is 0 Å². The van der Waals surface area contributed by atoms with Crippen molar-refractivity contribution in [3.05, 3.63) is 0 Å². The maximum Gasteiger partial charge on any atom is 0.361 e. The number of epoxide rings is 1. The second-order valence-electron chi connectivity index (χ2n) is 4.30. The zero-order chi connectivity index (χ0) is 11.9. The van der Waals surface area contributed by atoms with E-state index in [0.29, 0.717) is 18.9 Å². The molecule has 0 amide bonds. The molecule has 0 aromatic carbocycles. The van der Waals surface area contributed by atoms with Crippen LogP contribution >= 0.6 is 0 Å². The maximum absolute atomic E-state index is 5.83. The molecule has 0 aliphatic carbocycles. The molecule has 0 saturated carbocycles. The van der Waals surface area contributed by atoms with Crippen LogP contribution in [0.3, 0.4) is 0 Å². The van der Waals surface area contributed by atoms with Gasteiger partial charge in [-0.05, 0) is 19.4 Å². The first kappa shape index (κ1) is 14.1. The average molecular weight is 248 g/mol. The van der Waals surface area contributed by atoms with E-state index in [-0.39, 0.29) is 0 Å². The Morgan fingerprint density at radius 3 is 2.19 bits per heavy atom. The lowest BCUT2D eigenvalue weighted by molar-refractivity contribution is 0.0942. The minimum atomic E-state index is -2.11. The van der Waals surface area contributed by atoms with E-state index in [2.05, 4.69) is 20.4 Å². The van der Waals surface area contributed by atoms with Crippen LogP contribution in [-0.2, 0) is 18.3 Å². The summed E-state index contributed by atoms with van der Waals surface area (Å²) in [6.07, 6.45) is 2.95. The fourth-order valence-electron chi connectivity index (χ4n) is 1.30. The first-order valence-electron chi connectivity index (χ1n) is 6.17. The van der Waals surface area contributed by atoms with Gasteiger partial charge in [-0.25, -0.2) is 0 Å². The third-order valence-electron chi connectivity index (χ3n) is 2.29. The van der Waals surface area contributed by atoms with Gasteiger partial charge in [-0.3, -0.25) is 0 Å². The van der Waals surface area contributed by atoms with E-state index in [1.54, 1.807) is 0 Å². The minimum absolute atomic E-state index is 0.315. The van der Waals surface area contributed by atoms with Crippen LogP contribution in [0.25, 0.3) is 0 Å². The quantitative estimate of drug-likeness (QED) is 0.437. The number of rotatable bonds is 10. The summed E-state index contributed by atoms with van der Waals surface area (Å²) in [5.41, 5.74) is 0. The van der Waals surface area contributed by atoms with Crippen molar-refractivity contribution in [1.82, 2.24) is 0 Å². The molecular formula is C11H24O4Si. The topological polar surface area (TPSA) is 40.2 Å². The van der Waals surface area contributed by atoms with Crippen molar-refractivity contribution < 1.29 is 18.3 Å². The van der Waals surface area contributed by atoms with Gasteiger partial charge >= 0.3 is 8.56 Å². The summed E-state index contributed by atoms with van der Waals surface area (Å²) in [4.78, 5) is 0. The van der Waals surface area contributed by atoms with Gasteiger partial charge in [0.25, 0.3) is 0 Å². The van der Waals surface area contributed by atoms with E-state index in [4.69, 9.17) is 18.3 Å². The largest absolute Gasteiger partial charge is 0.393 e. The molecule has 1 atom stereocenters. The highest BCUT2D eigenvalue weighted by atomic mass is 28.4. The van der Waals surface area contributed by atoms with Crippen molar-refractivity contribution in [3.8, 4) is 0 Å². The molecule has 5 heteroatoms. The standard InChI is InChI=1S/C11H24O4Si/c1-4-6-14-16(3,15-7-5-2)10-12-8-11-9-13-11/h11H,4-10H2,1-3H3. The minimum Gasteiger partial charge on any atom is -0.393 e. The van der Waals surface area contributed by atoms with Crippen molar-refractivity contribution in [2.75, 3.05) is 32.7 Å². The lowest BCUT2D eigenvalue weighted by atomic mass is 10.5. The number of hydrogen-bond acceptors (Lipinski definition) is 4. The molecular weight excluding hydrogens is 224 g/mol. The highest BCUT2D eigenvalue weighted by Gasteiger charge is 2.33. The molecule has 0 bridgehead atoms. The normalized spacial score (nSPS) is 20.1. The Morgan fingerprint density at radius 1 is 1.19 bits per heavy atom.